The van der Waals surface area contributed by atoms with Gasteiger partial charge >= 0.3 is 6.09 Å². The average molecular weight is 184 g/mol. The van der Waals surface area contributed by atoms with Gasteiger partial charge in [0.25, 0.3) is 0 Å². The fourth-order valence-corrected chi connectivity index (χ4v) is 0.832. The van der Waals surface area contributed by atoms with Crippen LogP contribution >= 0.6 is 12.6 Å². The van der Waals surface area contributed by atoms with Crippen molar-refractivity contribution in [1.82, 2.24) is 4.98 Å². The highest BCUT2D eigenvalue weighted by Gasteiger charge is 2.00. The predicted molar refractivity (Wildman–Crippen MR) is 47.5 cm³/mol. The van der Waals surface area contributed by atoms with E-state index in [2.05, 4.69) is 27.7 Å². The fourth-order valence-electron chi connectivity index (χ4n) is 0.643. The first kappa shape index (κ1) is 8.86. The number of carbonyl (C=O) groups excluding carboxylic acids is 1. The first-order valence-electron chi connectivity index (χ1n) is 3.22. The van der Waals surface area contributed by atoms with Crippen molar-refractivity contribution in [1.29, 1.82) is 0 Å². The Morgan fingerprint density at radius 1 is 1.75 bits per heavy atom. The van der Waals surface area contributed by atoms with Crippen LogP contribution in [0, 0.1) is 0 Å². The lowest BCUT2D eigenvalue weighted by molar-refractivity contribution is 0.187. The van der Waals surface area contributed by atoms with E-state index in [-0.39, 0.29) is 0 Å². The second-order valence-electron chi connectivity index (χ2n) is 2.02. The van der Waals surface area contributed by atoms with Crippen LogP contribution < -0.4 is 5.32 Å². The standard InChI is InChI=1S/C7H8N2O2S/c1-11-7(10)9-6-4-5(12)2-3-8-6/h2-4H,1H3,(H2,8,9,10,12). The molecule has 0 radical (unpaired) electrons. The normalized spacial score (nSPS) is 9.17. The van der Waals surface area contributed by atoms with Gasteiger partial charge in [-0.05, 0) is 12.1 Å². The minimum atomic E-state index is -0.540. The fraction of sp³-hybridized carbons (Fsp3) is 0.143. The Kier molecular flexibility index (Phi) is 2.93. The van der Waals surface area contributed by atoms with Gasteiger partial charge in [0.05, 0.1) is 7.11 Å². The second-order valence-corrected chi connectivity index (χ2v) is 2.53. The maximum Gasteiger partial charge on any atom is 0.412 e. The van der Waals surface area contributed by atoms with Crippen molar-refractivity contribution in [3.8, 4) is 0 Å². The van der Waals surface area contributed by atoms with Crippen molar-refractivity contribution in [2.75, 3.05) is 12.4 Å². The van der Waals surface area contributed by atoms with Gasteiger partial charge in [-0.2, -0.15) is 0 Å². The van der Waals surface area contributed by atoms with E-state index in [4.69, 9.17) is 0 Å². The minimum absolute atomic E-state index is 0.425. The number of ether oxygens (including phenoxy) is 1. The zero-order valence-corrected chi connectivity index (χ0v) is 7.34. The number of carbonyl (C=O) groups is 1. The van der Waals surface area contributed by atoms with Crippen molar-refractivity contribution in [3.63, 3.8) is 0 Å². The van der Waals surface area contributed by atoms with Crippen LogP contribution in [0.25, 0.3) is 0 Å². The molecule has 4 nitrogen and oxygen atoms in total. The van der Waals surface area contributed by atoms with Gasteiger partial charge in [-0.25, -0.2) is 9.78 Å². The van der Waals surface area contributed by atoms with Gasteiger partial charge in [-0.15, -0.1) is 12.6 Å². The van der Waals surface area contributed by atoms with E-state index in [1.165, 1.54) is 7.11 Å². The molecule has 0 fully saturated rings. The highest BCUT2D eigenvalue weighted by atomic mass is 32.1. The molecule has 1 amide bonds. The van der Waals surface area contributed by atoms with Crippen LogP contribution in [0.5, 0.6) is 0 Å². The number of hydrogen-bond acceptors (Lipinski definition) is 4. The Morgan fingerprint density at radius 2 is 2.50 bits per heavy atom. The number of aromatic nitrogens is 1. The third-order valence-electron chi connectivity index (χ3n) is 1.16. The monoisotopic (exact) mass is 184 g/mol. The lowest BCUT2D eigenvalue weighted by Gasteiger charge is -2.01. The number of anilines is 1. The van der Waals surface area contributed by atoms with Crippen LogP contribution in [0.2, 0.25) is 0 Å². The Balaban J connectivity index is 2.69. The molecular weight excluding hydrogens is 176 g/mol. The van der Waals surface area contributed by atoms with Crippen molar-refractivity contribution in [3.05, 3.63) is 18.3 Å². The van der Waals surface area contributed by atoms with E-state index in [1.807, 2.05) is 0 Å². The third kappa shape index (κ3) is 2.43. The Hall–Kier alpha value is -1.23. The van der Waals surface area contributed by atoms with E-state index >= 15 is 0 Å². The molecule has 5 heteroatoms. The zero-order chi connectivity index (χ0) is 8.97. The molecule has 0 saturated heterocycles. The van der Waals surface area contributed by atoms with Crippen molar-refractivity contribution in [2.24, 2.45) is 0 Å². The summed E-state index contributed by atoms with van der Waals surface area (Å²) in [6, 6.07) is 3.34. The molecule has 0 aliphatic heterocycles. The van der Waals surface area contributed by atoms with E-state index in [9.17, 15) is 4.79 Å². The molecule has 0 aromatic carbocycles. The van der Waals surface area contributed by atoms with Crippen LogP contribution in [-0.4, -0.2) is 18.2 Å². The van der Waals surface area contributed by atoms with Gasteiger partial charge in [0.15, 0.2) is 0 Å². The lowest BCUT2D eigenvalue weighted by Crippen LogP contribution is -2.11. The topological polar surface area (TPSA) is 51.2 Å². The smallest absolute Gasteiger partial charge is 0.412 e. The molecule has 0 aliphatic rings. The molecule has 64 valence electrons. The number of nitrogens with zero attached hydrogens (tertiary/aromatic N) is 1. The van der Waals surface area contributed by atoms with Crippen LogP contribution in [0.4, 0.5) is 10.6 Å². The predicted octanol–water partition coefficient (Wildman–Crippen LogP) is 1.55. The summed E-state index contributed by atoms with van der Waals surface area (Å²) >= 11 is 4.07. The van der Waals surface area contributed by atoms with Crippen LogP contribution in [0.3, 0.4) is 0 Å². The molecule has 1 rings (SSSR count). The van der Waals surface area contributed by atoms with Crippen molar-refractivity contribution >= 4 is 24.5 Å². The molecule has 0 spiro atoms. The van der Waals surface area contributed by atoms with Crippen molar-refractivity contribution in [2.45, 2.75) is 4.90 Å². The van der Waals surface area contributed by atoms with Gasteiger partial charge in [0.1, 0.15) is 5.82 Å². The molecule has 1 aromatic heterocycles. The molecular formula is C7H8N2O2S. The Labute approximate surface area is 75.4 Å². The number of thiol groups is 1. The maximum absolute atomic E-state index is 10.7. The number of hydrogen-bond donors (Lipinski definition) is 2. The molecule has 0 aliphatic carbocycles. The summed E-state index contributed by atoms with van der Waals surface area (Å²) in [5.74, 6) is 0.425. The molecule has 0 unspecified atom stereocenters. The summed E-state index contributed by atoms with van der Waals surface area (Å²) in [5.41, 5.74) is 0. The summed E-state index contributed by atoms with van der Waals surface area (Å²) in [7, 11) is 1.29. The molecule has 0 atom stereocenters. The van der Waals surface area contributed by atoms with E-state index in [0.29, 0.717) is 5.82 Å². The van der Waals surface area contributed by atoms with Gasteiger partial charge in [0.2, 0.25) is 0 Å². The maximum atomic E-state index is 10.7. The van der Waals surface area contributed by atoms with Gasteiger partial charge in [-0.3, -0.25) is 5.32 Å². The third-order valence-corrected chi connectivity index (χ3v) is 1.44. The molecule has 12 heavy (non-hydrogen) atoms. The van der Waals surface area contributed by atoms with Crippen molar-refractivity contribution < 1.29 is 9.53 Å². The summed E-state index contributed by atoms with van der Waals surface area (Å²) in [6.07, 6.45) is 1.01. The zero-order valence-electron chi connectivity index (χ0n) is 6.44. The average Bonchev–Trinajstić information content (AvgIpc) is 2.04. The quantitative estimate of drug-likeness (QED) is 0.651. The van der Waals surface area contributed by atoms with Gasteiger partial charge < -0.3 is 4.74 Å². The first-order valence-corrected chi connectivity index (χ1v) is 3.67. The van der Waals surface area contributed by atoms with E-state index in [0.717, 1.165) is 4.90 Å². The number of amides is 1. The highest BCUT2D eigenvalue weighted by Crippen LogP contribution is 2.09. The number of methoxy groups -OCH3 is 1. The summed E-state index contributed by atoms with van der Waals surface area (Å²) < 4.78 is 4.38. The summed E-state index contributed by atoms with van der Waals surface area (Å²) in [4.78, 5) is 15.3. The highest BCUT2D eigenvalue weighted by molar-refractivity contribution is 7.80. The van der Waals surface area contributed by atoms with E-state index in [1.54, 1.807) is 18.3 Å². The molecule has 1 N–H and O–H groups in total. The second kappa shape index (κ2) is 3.96. The molecule has 0 saturated carbocycles. The SMILES string of the molecule is COC(=O)Nc1cc(S)ccn1. The molecule has 1 heterocycles. The van der Waals surface area contributed by atoms with Gasteiger partial charge in [-0.1, -0.05) is 0 Å². The largest absolute Gasteiger partial charge is 0.453 e. The van der Waals surface area contributed by atoms with Gasteiger partial charge in [0, 0.05) is 11.1 Å². The Morgan fingerprint density at radius 3 is 3.08 bits per heavy atom. The van der Waals surface area contributed by atoms with Crippen LogP contribution in [0.1, 0.15) is 0 Å². The number of nitrogens with one attached hydrogen (secondary N) is 1. The summed E-state index contributed by atoms with van der Waals surface area (Å²) in [6.45, 7) is 0. The molecule has 1 aromatic rings. The first-order chi connectivity index (χ1) is 5.72. The lowest BCUT2D eigenvalue weighted by atomic mass is 10.4. The number of pyridine rings is 1. The number of rotatable bonds is 1. The molecule has 0 bridgehead atoms. The van der Waals surface area contributed by atoms with E-state index < -0.39 is 6.09 Å². The summed E-state index contributed by atoms with van der Waals surface area (Å²) in [5, 5.41) is 2.41. The van der Waals surface area contributed by atoms with Crippen LogP contribution in [-0.2, 0) is 4.74 Å². The van der Waals surface area contributed by atoms with Crippen LogP contribution in [0.15, 0.2) is 23.2 Å². The minimum Gasteiger partial charge on any atom is -0.453 e. The Bertz CT molecular complexity index is 290.